The molecule has 0 radical (unpaired) electrons. The SMILES string of the molecule is COc1cc(C)c(C(CCCCO)N=[N+]=[N-])cc1C. The molecule has 1 atom stereocenters. The van der Waals surface area contributed by atoms with Crippen LogP contribution in [0.15, 0.2) is 17.2 Å². The van der Waals surface area contributed by atoms with E-state index in [4.69, 9.17) is 15.4 Å². The zero-order valence-electron chi connectivity index (χ0n) is 11.8. The lowest BCUT2D eigenvalue weighted by Crippen LogP contribution is -2.01. The Bertz CT molecular complexity index is 468. The first-order valence-electron chi connectivity index (χ1n) is 6.44. The zero-order chi connectivity index (χ0) is 14.3. The third kappa shape index (κ3) is 4.16. The van der Waals surface area contributed by atoms with Crippen LogP contribution in [0, 0.1) is 13.8 Å². The lowest BCUT2D eigenvalue weighted by molar-refractivity contribution is 0.281. The van der Waals surface area contributed by atoms with Crippen LogP contribution in [-0.4, -0.2) is 18.8 Å². The summed E-state index contributed by atoms with van der Waals surface area (Å²) < 4.78 is 5.28. The van der Waals surface area contributed by atoms with Gasteiger partial charge in [0, 0.05) is 11.5 Å². The molecular weight excluding hydrogens is 242 g/mol. The minimum atomic E-state index is -0.179. The van der Waals surface area contributed by atoms with Crippen LogP contribution in [0.4, 0.5) is 0 Å². The van der Waals surface area contributed by atoms with Gasteiger partial charge in [-0.2, -0.15) is 0 Å². The van der Waals surface area contributed by atoms with E-state index in [0.29, 0.717) is 0 Å². The largest absolute Gasteiger partial charge is 0.496 e. The molecule has 5 heteroatoms. The number of aliphatic hydroxyl groups excluding tert-OH is 1. The van der Waals surface area contributed by atoms with Gasteiger partial charge in [-0.05, 0) is 55.0 Å². The summed E-state index contributed by atoms with van der Waals surface area (Å²) in [6.45, 7) is 4.13. The summed E-state index contributed by atoms with van der Waals surface area (Å²) in [5.74, 6) is 0.844. The number of aryl methyl sites for hydroxylation is 2. The highest BCUT2D eigenvalue weighted by Gasteiger charge is 2.14. The number of methoxy groups -OCH3 is 1. The summed E-state index contributed by atoms with van der Waals surface area (Å²) >= 11 is 0. The summed E-state index contributed by atoms with van der Waals surface area (Å²) in [6.07, 6.45) is 2.31. The van der Waals surface area contributed by atoms with Crippen molar-refractivity contribution in [2.24, 2.45) is 5.11 Å². The van der Waals surface area contributed by atoms with Crippen LogP contribution in [-0.2, 0) is 0 Å². The highest BCUT2D eigenvalue weighted by Crippen LogP contribution is 2.31. The summed E-state index contributed by atoms with van der Waals surface area (Å²) in [4.78, 5) is 2.94. The van der Waals surface area contributed by atoms with Crippen LogP contribution in [0.5, 0.6) is 5.75 Å². The molecule has 1 N–H and O–H groups in total. The molecule has 0 bridgehead atoms. The van der Waals surface area contributed by atoms with Crippen molar-refractivity contribution in [3.63, 3.8) is 0 Å². The van der Waals surface area contributed by atoms with Crippen LogP contribution < -0.4 is 4.74 Å². The average molecular weight is 263 g/mol. The zero-order valence-corrected chi connectivity index (χ0v) is 11.8. The van der Waals surface area contributed by atoms with Gasteiger partial charge in [-0.15, -0.1) is 0 Å². The summed E-state index contributed by atoms with van der Waals surface area (Å²) in [5.41, 5.74) is 11.8. The van der Waals surface area contributed by atoms with Crippen molar-refractivity contribution in [3.05, 3.63) is 39.3 Å². The van der Waals surface area contributed by atoms with E-state index in [-0.39, 0.29) is 12.6 Å². The third-order valence-corrected chi connectivity index (χ3v) is 3.22. The molecule has 1 aromatic rings. The van der Waals surface area contributed by atoms with Crippen LogP contribution in [0.3, 0.4) is 0 Å². The second-order valence-corrected chi connectivity index (χ2v) is 4.62. The van der Waals surface area contributed by atoms with Gasteiger partial charge >= 0.3 is 0 Å². The molecule has 0 aromatic heterocycles. The number of ether oxygens (including phenoxy) is 1. The van der Waals surface area contributed by atoms with Crippen LogP contribution in [0.2, 0.25) is 0 Å². The smallest absolute Gasteiger partial charge is 0.122 e. The number of azide groups is 1. The number of rotatable bonds is 7. The van der Waals surface area contributed by atoms with E-state index in [1.54, 1.807) is 7.11 Å². The van der Waals surface area contributed by atoms with E-state index < -0.39 is 0 Å². The Morgan fingerprint density at radius 2 is 2.05 bits per heavy atom. The second-order valence-electron chi connectivity index (χ2n) is 4.62. The molecule has 0 spiro atoms. The van der Waals surface area contributed by atoms with E-state index in [2.05, 4.69) is 10.0 Å². The summed E-state index contributed by atoms with van der Waals surface area (Å²) in [7, 11) is 1.65. The van der Waals surface area contributed by atoms with Crippen molar-refractivity contribution in [2.45, 2.75) is 39.2 Å². The molecule has 0 amide bonds. The quantitative estimate of drug-likeness (QED) is 0.351. The first-order chi connectivity index (χ1) is 9.13. The Kier molecular flexibility index (Phi) is 6.19. The lowest BCUT2D eigenvalue weighted by atomic mass is 9.95. The van der Waals surface area contributed by atoms with Crippen molar-refractivity contribution < 1.29 is 9.84 Å². The lowest BCUT2D eigenvalue weighted by Gasteiger charge is -2.17. The van der Waals surface area contributed by atoms with Gasteiger partial charge in [-0.25, -0.2) is 0 Å². The van der Waals surface area contributed by atoms with Crippen molar-refractivity contribution in [2.75, 3.05) is 13.7 Å². The number of aliphatic hydroxyl groups is 1. The molecule has 1 unspecified atom stereocenters. The maximum atomic E-state index is 8.83. The van der Waals surface area contributed by atoms with Crippen molar-refractivity contribution in [1.29, 1.82) is 0 Å². The van der Waals surface area contributed by atoms with Crippen LogP contribution in [0.1, 0.15) is 42.0 Å². The average Bonchev–Trinajstić information content (AvgIpc) is 2.40. The predicted molar refractivity (Wildman–Crippen MR) is 75.3 cm³/mol. The van der Waals surface area contributed by atoms with Gasteiger partial charge in [-0.3, -0.25) is 0 Å². The van der Waals surface area contributed by atoms with Gasteiger partial charge in [0.2, 0.25) is 0 Å². The maximum Gasteiger partial charge on any atom is 0.122 e. The highest BCUT2D eigenvalue weighted by atomic mass is 16.5. The highest BCUT2D eigenvalue weighted by molar-refractivity contribution is 5.42. The van der Waals surface area contributed by atoms with Gasteiger partial charge in [0.15, 0.2) is 0 Å². The first kappa shape index (κ1) is 15.3. The molecule has 1 rings (SSSR count). The van der Waals surface area contributed by atoms with E-state index in [1.165, 1.54) is 0 Å². The number of nitrogens with zero attached hydrogens (tertiary/aromatic N) is 3. The van der Waals surface area contributed by atoms with E-state index >= 15 is 0 Å². The van der Waals surface area contributed by atoms with Gasteiger partial charge < -0.3 is 9.84 Å². The molecule has 5 nitrogen and oxygen atoms in total. The molecule has 0 heterocycles. The second kappa shape index (κ2) is 7.67. The maximum absolute atomic E-state index is 8.83. The fourth-order valence-electron chi connectivity index (χ4n) is 2.18. The molecule has 0 fully saturated rings. The normalized spacial score (nSPS) is 11.8. The molecule has 0 aliphatic carbocycles. The van der Waals surface area contributed by atoms with E-state index in [0.717, 1.165) is 41.7 Å². The number of benzene rings is 1. The molecule has 19 heavy (non-hydrogen) atoms. The van der Waals surface area contributed by atoms with Crippen molar-refractivity contribution in [3.8, 4) is 5.75 Å². The standard InChI is InChI=1S/C14H21N3O2/c1-10-9-14(19-3)11(2)8-12(10)13(16-17-15)6-4-5-7-18/h8-9,13,18H,4-7H2,1-3H3. The Hall–Kier alpha value is -1.71. The fraction of sp³-hybridized carbons (Fsp3) is 0.571. The number of hydrogen-bond acceptors (Lipinski definition) is 3. The van der Waals surface area contributed by atoms with Gasteiger partial charge in [0.1, 0.15) is 5.75 Å². The number of unbranched alkanes of at least 4 members (excludes halogenated alkanes) is 1. The summed E-state index contributed by atoms with van der Waals surface area (Å²) in [6, 6.07) is 3.81. The van der Waals surface area contributed by atoms with Crippen molar-refractivity contribution >= 4 is 0 Å². The topological polar surface area (TPSA) is 78.2 Å². The summed E-state index contributed by atoms with van der Waals surface area (Å²) in [5, 5.41) is 12.7. The van der Waals surface area contributed by atoms with Crippen LogP contribution >= 0.6 is 0 Å². The Labute approximate surface area is 113 Å². The molecular formula is C14H21N3O2. The molecule has 104 valence electrons. The Morgan fingerprint density at radius 1 is 1.32 bits per heavy atom. The fourth-order valence-corrected chi connectivity index (χ4v) is 2.18. The van der Waals surface area contributed by atoms with E-state index in [9.17, 15) is 0 Å². The van der Waals surface area contributed by atoms with Gasteiger partial charge in [0.25, 0.3) is 0 Å². The molecule has 0 aliphatic rings. The number of hydrogen-bond donors (Lipinski definition) is 1. The van der Waals surface area contributed by atoms with Crippen molar-refractivity contribution in [1.82, 2.24) is 0 Å². The van der Waals surface area contributed by atoms with Gasteiger partial charge in [-0.1, -0.05) is 17.6 Å². The molecule has 0 saturated carbocycles. The monoisotopic (exact) mass is 263 g/mol. The Morgan fingerprint density at radius 3 is 2.63 bits per heavy atom. The van der Waals surface area contributed by atoms with Gasteiger partial charge in [0.05, 0.1) is 13.2 Å². The van der Waals surface area contributed by atoms with Crippen LogP contribution in [0.25, 0.3) is 10.4 Å². The minimum Gasteiger partial charge on any atom is -0.496 e. The molecule has 0 aliphatic heterocycles. The predicted octanol–water partition coefficient (Wildman–Crippen LogP) is 3.83. The minimum absolute atomic E-state index is 0.170. The molecule has 1 aromatic carbocycles. The molecule has 0 saturated heterocycles. The Balaban J connectivity index is 3.01. The van der Waals surface area contributed by atoms with E-state index in [1.807, 2.05) is 26.0 Å². The first-order valence-corrected chi connectivity index (χ1v) is 6.44. The third-order valence-electron chi connectivity index (χ3n) is 3.22.